The first-order chi connectivity index (χ1) is 7.70. The maximum Gasteiger partial charge on any atom is 0.331 e. The van der Waals surface area contributed by atoms with Crippen molar-refractivity contribution in [2.24, 2.45) is 11.3 Å². The van der Waals surface area contributed by atoms with Crippen LogP contribution >= 0.6 is 0 Å². The van der Waals surface area contributed by atoms with Crippen LogP contribution in [0.15, 0.2) is 11.6 Å². The van der Waals surface area contributed by atoms with Crippen molar-refractivity contribution >= 4 is 5.97 Å². The largest absolute Gasteiger partial charge is 0.478 e. The number of carboxylic acids is 1. The monoisotopic (exact) mass is 222 g/mol. The molecule has 2 aliphatic rings. The fourth-order valence-electron chi connectivity index (χ4n) is 4.01. The minimum absolute atomic E-state index is 0.0249. The normalized spacial score (nSPS) is 26.2. The van der Waals surface area contributed by atoms with Crippen LogP contribution in [0.1, 0.15) is 58.3 Å². The summed E-state index contributed by atoms with van der Waals surface area (Å²) >= 11 is 0. The van der Waals surface area contributed by atoms with Gasteiger partial charge in [-0.1, -0.05) is 31.8 Å². The number of hydrogen-bond acceptors (Lipinski definition) is 1. The van der Waals surface area contributed by atoms with Crippen molar-refractivity contribution in [3.63, 3.8) is 0 Å². The summed E-state index contributed by atoms with van der Waals surface area (Å²) in [7, 11) is 0. The van der Waals surface area contributed by atoms with Crippen molar-refractivity contribution in [2.45, 2.75) is 58.3 Å². The van der Waals surface area contributed by atoms with Crippen molar-refractivity contribution in [1.29, 1.82) is 0 Å². The Morgan fingerprint density at radius 2 is 1.75 bits per heavy atom. The summed E-state index contributed by atoms with van der Waals surface area (Å²) in [6.07, 6.45) is 11.5. The van der Waals surface area contributed by atoms with Crippen LogP contribution in [0.2, 0.25) is 0 Å². The highest BCUT2D eigenvalue weighted by molar-refractivity contribution is 5.88. The van der Waals surface area contributed by atoms with Gasteiger partial charge in [0.15, 0.2) is 0 Å². The number of carbonyl (C=O) groups is 1. The van der Waals surface area contributed by atoms with Gasteiger partial charge in [-0.05, 0) is 38.5 Å². The van der Waals surface area contributed by atoms with Gasteiger partial charge in [-0.15, -0.1) is 0 Å². The lowest BCUT2D eigenvalue weighted by Crippen LogP contribution is -2.32. The lowest BCUT2D eigenvalue weighted by molar-refractivity contribution is -0.134. The average molecular weight is 222 g/mol. The van der Waals surface area contributed by atoms with E-state index in [0.717, 1.165) is 12.8 Å². The van der Waals surface area contributed by atoms with Crippen molar-refractivity contribution in [3.05, 3.63) is 11.6 Å². The molecule has 0 atom stereocenters. The van der Waals surface area contributed by atoms with Crippen LogP contribution in [-0.4, -0.2) is 11.1 Å². The second-order valence-electron chi connectivity index (χ2n) is 5.35. The van der Waals surface area contributed by atoms with Gasteiger partial charge in [-0.2, -0.15) is 0 Å². The minimum Gasteiger partial charge on any atom is -0.478 e. The number of aliphatic carboxylic acids is 1. The molecule has 0 aromatic carbocycles. The molecule has 0 spiro atoms. The lowest BCUT2D eigenvalue weighted by atomic mass is 9.67. The van der Waals surface area contributed by atoms with Gasteiger partial charge in [-0.25, -0.2) is 4.79 Å². The van der Waals surface area contributed by atoms with Crippen LogP contribution in [0.3, 0.4) is 0 Å². The van der Waals surface area contributed by atoms with Gasteiger partial charge in [0.05, 0.1) is 0 Å². The second kappa shape index (κ2) is 4.60. The molecule has 0 aromatic rings. The molecule has 1 N–H and O–H groups in total. The van der Waals surface area contributed by atoms with E-state index in [2.05, 4.69) is 0 Å². The summed E-state index contributed by atoms with van der Waals surface area (Å²) in [4.78, 5) is 11.4. The highest BCUT2D eigenvalue weighted by Crippen LogP contribution is 2.54. The van der Waals surface area contributed by atoms with E-state index in [4.69, 9.17) is 0 Å². The number of carboxylic acid groups (broad SMARTS) is 1. The molecule has 0 aliphatic heterocycles. The Morgan fingerprint density at radius 1 is 1.19 bits per heavy atom. The number of hydrogen-bond donors (Lipinski definition) is 1. The third-order valence-corrected chi connectivity index (χ3v) is 4.69. The Kier molecular flexibility index (Phi) is 3.36. The fraction of sp³-hybridized carbons (Fsp3) is 0.786. The van der Waals surface area contributed by atoms with Crippen molar-refractivity contribution in [3.8, 4) is 0 Å². The molecule has 2 nitrogen and oxygen atoms in total. The van der Waals surface area contributed by atoms with E-state index in [9.17, 15) is 9.90 Å². The molecular weight excluding hydrogens is 200 g/mol. The maximum absolute atomic E-state index is 11.4. The summed E-state index contributed by atoms with van der Waals surface area (Å²) in [5.74, 6) is -0.0476. The predicted molar refractivity (Wildman–Crippen MR) is 64.3 cm³/mol. The van der Waals surface area contributed by atoms with Crippen molar-refractivity contribution in [2.75, 3.05) is 0 Å². The molecular formula is C14H22O2. The fourth-order valence-corrected chi connectivity index (χ4v) is 4.01. The Hall–Kier alpha value is -0.790. The summed E-state index contributed by atoms with van der Waals surface area (Å²) < 4.78 is 0. The van der Waals surface area contributed by atoms with Crippen LogP contribution < -0.4 is 0 Å². The summed E-state index contributed by atoms with van der Waals surface area (Å²) in [6, 6.07) is 0. The van der Waals surface area contributed by atoms with E-state index >= 15 is 0 Å². The molecule has 2 aliphatic carbocycles. The average Bonchev–Trinajstić information content (AvgIpc) is 2.88. The van der Waals surface area contributed by atoms with Gasteiger partial charge >= 0.3 is 5.97 Å². The topological polar surface area (TPSA) is 37.3 Å². The lowest BCUT2D eigenvalue weighted by Gasteiger charge is -2.36. The highest BCUT2D eigenvalue weighted by atomic mass is 16.4. The van der Waals surface area contributed by atoms with E-state index in [1.165, 1.54) is 38.5 Å². The zero-order valence-corrected chi connectivity index (χ0v) is 10.2. The predicted octanol–water partition coefficient (Wildman–Crippen LogP) is 3.77. The molecule has 2 heteroatoms. The van der Waals surface area contributed by atoms with Gasteiger partial charge in [0.2, 0.25) is 0 Å². The van der Waals surface area contributed by atoms with Crippen LogP contribution in [0, 0.1) is 11.3 Å². The molecule has 0 aromatic heterocycles. The molecule has 0 bridgehead atoms. The minimum atomic E-state index is -0.684. The Morgan fingerprint density at radius 3 is 2.19 bits per heavy atom. The summed E-state index contributed by atoms with van der Waals surface area (Å²) in [5.41, 5.74) is 0.730. The number of rotatable bonds is 3. The molecule has 16 heavy (non-hydrogen) atoms. The Labute approximate surface area is 97.7 Å². The van der Waals surface area contributed by atoms with Gasteiger partial charge < -0.3 is 5.11 Å². The molecule has 0 radical (unpaired) electrons. The molecule has 90 valence electrons. The van der Waals surface area contributed by atoms with E-state index in [1.54, 1.807) is 0 Å². The molecule has 2 rings (SSSR count). The first-order valence-electron chi connectivity index (χ1n) is 6.61. The van der Waals surface area contributed by atoms with Crippen LogP contribution in [0.4, 0.5) is 0 Å². The second-order valence-corrected chi connectivity index (χ2v) is 5.35. The van der Waals surface area contributed by atoms with Crippen LogP contribution in [0.25, 0.3) is 0 Å². The third kappa shape index (κ3) is 1.79. The SMILES string of the molecule is C/C=C(/C(=O)O)C1(C2CCCC2)CCCC1. The summed E-state index contributed by atoms with van der Waals surface area (Å²) in [5, 5.41) is 9.39. The standard InChI is InChI=1S/C14H22O2/c1-2-12(13(15)16)14(9-5-6-10-14)11-7-3-4-8-11/h2,11H,3-10H2,1H3,(H,15,16)/b12-2-. The smallest absolute Gasteiger partial charge is 0.331 e. The molecule has 0 heterocycles. The van der Waals surface area contributed by atoms with E-state index < -0.39 is 5.97 Å². The number of allylic oxidation sites excluding steroid dienone is 1. The van der Waals surface area contributed by atoms with Crippen LogP contribution in [-0.2, 0) is 4.79 Å². The molecule has 0 saturated heterocycles. The third-order valence-electron chi connectivity index (χ3n) is 4.69. The van der Waals surface area contributed by atoms with Gasteiger partial charge in [0, 0.05) is 11.0 Å². The summed E-state index contributed by atoms with van der Waals surface area (Å²) in [6.45, 7) is 1.89. The molecule has 0 unspecified atom stereocenters. The maximum atomic E-state index is 11.4. The van der Waals surface area contributed by atoms with E-state index in [1.807, 2.05) is 13.0 Å². The molecule has 2 fully saturated rings. The van der Waals surface area contributed by atoms with Gasteiger partial charge in [-0.3, -0.25) is 0 Å². The zero-order chi connectivity index (χ0) is 11.6. The first-order valence-corrected chi connectivity index (χ1v) is 6.61. The van der Waals surface area contributed by atoms with Crippen molar-refractivity contribution in [1.82, 2.24) is 0 Å². The zero-order valence-electron chi connectivity index (χ0n) is 10.2. The quantitative estimate of drug-likeness (QED) is 0.738. The van der Waals surface area contributed by atoms with Gasteiger partial charge in [0.25, 0.3) is 0 Å². The van der Waals surface area contributed by atoms with Crippen molar-refractivity contribution < 1.29 is 9.90 Å². The van der Waals surface area contributed by atoms with Crippen LogP contribution in [0.5, 0.6) is 0 Å². The Bertz CT molecular complexity index is 292. The van der Waals surface area contributed by atoms with E-state index in [-0.39, 0.29) is 5.41 Å². The van der Waals surface area contributed by atoms with Gasteiger partial charge in [0.1, 0.15) is 0 Å². The molecule has 0 amide bonds. The Balaban J connectivity index is 2.30. The van der Waals surface area contributed by atoms with E-state index in [0.29, 0.717) is 11.5 Å². The molecule has 2 saturated carbocycles. The highest BCUT2D eigenvalue weighted by Gasteiger charge is 2.46. The first kappa shape index (κ1) is 11.7.